The van der Waals surface area contributed by atoms with E-state index in [1.807, 2.05) is 24.3 Å². The summed E-state index contributed by atoms with van der Waals surface area (Å²) in [5, 5.41) is 10.3. The SMILES string of the molecule is CCN(CC)CCc1nc(CC(=O)O)sc1-c1ccc(Cl)cc1. The molecule has 2 rings (SSSR count). The normalized spacial score (nSPS) is 11.1. The first-order valence-corrected chi connectivity index (χ1v) is 8.91. The lowest BCUT2D eigenvalue weighted by Gasteiger charge is -2.17. The predicted molar refractivity (Wildman–Crippen MR) is 95.4 cm³/mol. The Kier molecular flexibility index (Phi) is 6.57. The highest BCUT2D eigenvalue weighted by atomic mass is 35.5. The molecule has 124 valence electrons. The van der Waals surface area contributed by atoms with Gasteiger partial charge in [-0.15, -0.1) is 11.3 Å². The number of carboxylic acids is 1. The average Bonchev–Trinajstić information content (AvgIpc) is 2.91. The van der Waals surface area contributed by atoms with Crippen LogP contribution in [0.15, 0.2) is 24.3 Å². The van der Waals surface area contributed by atoms with Crippen molar-refractivity contribution >= 4 is 28.9 Å². The van der Waals surface area contributed by atoms with Crippen LogP contribution in [-0.4, -0.2) is 40.6 Å². The van der Waals surface area contributed by atoms with Crippen molar-refractivity contribution in [3.05, 3.63) is 40.0 Å². The zero-order valence-electron chi connectivity index (χ0n) is 13.4. The van der Waals surface area contributed by atoms with Crippen molar-refractivity contribution in [1.29, 1.82) is 0 Å². The Balaban J connectivity index is 2.28. The predicted octanol–water partition coefficient (Wildman–Crippen LogP) is 3.97. The highest BCUT2D eigenvalue weighted by Gasteiger charge is 2.15. The number of benzene rings is 1. The van der Waals surface area contributed by atoms with E-state index in [9.17, 15) is 4.79 Å². The van der Waals surface area contributed by atoms with Crippen LogP contribution in [-0.2, 0) is 17.6 Å². The van der Waals surface area contributed by atoms with Gasteiger partial charge in [-0.25, -0.2) is 4.98 Å². The largest absolute Gasteiger partial charge is 0.481 e. The van der Waals surface area contributed by atoms with Gasteiger partial charge in [-0.1, -0.05) is 37.6 Å². The molecule has 0 aliphatic heterocycles. The standard InChI is InChI=1S/C17H21ClN2O2S/c1-3-20(4-2)10-9-14-17(12-5-7-13(18)8-6-12)23-15(19-14)11-16(21)22/h5-8H,3-4,9-11H2,1-2H3,(H,21,22). The lowest BCUT2D eigenvalue weighted by Crippen LogP contribution is -2.25. The van der Waals surface area contributed by atoms with E-state index in [-0.39, 0.29) is 6.42 Å². The molecule has 0 aliphatic carbocycles. The fourth-order valence-electron chi connectivity index (χ4n) is 2.41. The molecule has 0 amide bonds. The van der Waals surface area contributed by atoms with E-state index in [1.54, 1.807) is 0 Å². The fraction of sp³-hybridized carbons (Fsp3) is 0.412. The zero-order valence-corrected chi connectivity index (χ0v) is 15.0. The maximum atomic E-state index is 11.0. The Morgan fingerprint density at radius 2 is 1.91 bits per heavy atom. The van der Waals surface area contributed by atoms with Crippen LogP contribution >= 0.6 is 22.9 Å². The molecule has 1 heterocycles. The summed E-state index contributed by atoms with van der Waals surface area (Å²) in [5.74, 6) is -0.850. The molecule has 0 saturated carbocycles. The number of aromatic nitrogens is 1. The summed E-state index contributed by atoms with van der Waals surface area (Å²) in [5.41, 5.74) is 2.01. The van der Waals surface area contributed by atoms with Crippen LogP contribution in [0.4, 0.5) is 0 Å². The van der Waals surface area contributed by atoms with Gasteiger partial charge in [-0.2, -0.15) is 0 Å². The van der Waals surface area contributed by atoms with Gasteiger partial charge < -0.3 is 10.0 Å². The first-order chi connectivity index (χ1) is 11.0. The van der Waals surface area contributed by atoms with E-state index in [0.29, 0.717) is 10.0 Å². The van der Waals surface area contributed by atoms with Crippen molar-refractivity contribution in [1.82, 2.24) is 9.88 Å². The first-order valence-electron chi connectivity index (χ1n) is 7.72. The molecule has 1 aromatic carbocycles. The Labute approximate surface area is 145 Å². The lowest BCUT2D eigenvalue weighted by molar-refractivity contribution is -0.136. The first kappa shape index (κ1) is 17.9. The number of halogens is 1. The van der Waals surface area contributed by atoms with Gasteiger partial charge in [-0.05, 0) is 30.8 Å². The number of likely N-dealkylation sites (N-methyl/N-ethyl adjacent to an activating group) is 1. The molecule has 2 aromatic rings. The van der Waals surface area contributed by atoms with Crippen molar-refractivity contribution in [2.24, 2.45) is 0 Å². The summed E-state index contributed by atoms with van der Waals surface area (Å²) in [6.45, 7) is 7.20. The van der Waals surface area contributed by atoms with Crippen LogP contribution in [0.2, 0.25) is 5.02 Å². The highest BCUT2D eigenvalue weighted by molar-refractivity contribution is 7.15. The smallest absolute Gasteiger partial charge is 0.310 e. The van der Waals surface area contributed by atoms with Gasteiger partial charge in [0.25, 0.3) is 0 Å². The van der Waals surface area contributed by atoms with Gasteiger partial charge >= 0.3 is 5.97 Å². The lowest BCUT2D eigenvalue weighted by atomic mass is 10.1. The third-order valence-electron chi connectivity index (χ3n) is 3.71. The van der Waals surface area contributed by atoms with Crippen molar-refractivity contribution < 1.29 is 9.90 Å². The fourth-order valence-corrected chi connectivity index (χ4v) is 3.64. The number of hydrogen-bond donors (Lipinski definition) is 1. The summed E-state index contributed by atoms with van der Waals surface area (Å²) in [7, 11) is 0. The van der Waals surface area contributed by atoms with E-state index in [1.165, 1.54) is 11.3 Å². The molecular formula is C17H21ClN2O2S. The molecule has 0 atom stereocenters. The molecule has 0 saturated heterocycles. The minimum atomic E-state index is -0.850. The van der Waals surface area contributed by atoms with Crippen LogP contribution in [0, 0.1) is 0 Å². The minimum Gasteiger partial charge on any atom is -0.481 e. The van der Waals surface area contributed by atoms with Gasteiger partial charge in [0, 0.05) is 18.0 Å². The van der Waals surface area contributed by atoms with E-state index < -0.39 is 5.97 Å². The van der Waals surface area contributed by atoms with Crippen LogP contribution < -0.4 is 0 Å². The summed E-state index contributed by atoms with van der Waals surface area (Å²) in [6, 6.07) is 7.62. The second kappa shape index (κ2) is 8.43. The van der Waals surface area contributed by atoms with E-state index in [2.05, 4.69) is 23.7 Å². The van der Waals surface area contributed by atoms with E-state index in [0.717, 1.165) is 42.2 Å². The Morgan fingerprint density at radius 3 is 2.48 bits per heavy atom. The number of hydrogen-bond acceptors (Lipinski definition) is 4. The topological polar surface area (TPSA) is 53.4 Å². The molecule has 0 spiro atoms. The Hall–Kier alpha value is -1.43. The van der Waals surface area contributed by atoms with Crippen LogP contribution in [0.25, 0.3) is 10.4 Å². The van der Waals surface area contributed by atoms with Gasteiger partial charge in [0.1, 0.15) is 5.01 Å². The maximum absolute atomic E-state index is 11.0. The van der Waals surface area contributed by atoms with Crippen LogP contribution in [0.3, 0.4) is 0 Å². The molecule has 0 bridgehead atoms. The quantitative estimate of drug-likeness (QED) is 0.780. The van der Waals surface area contributed by atoms with Crippen molar-refractivity contribution in [2.75, 3.05) is 19.6 Å². The van der Waals surface area contributed by atoms with Gasteiger partial charge in [-0.3, -0.25) is 4.79 Å². The zero-order chi connectivity index (χ0) is 16.8. The summed E-state index contributed by atoms with van der Waals surface area (Å²) < 4.78 is 0. The molecule has 6 heteroatoms. The monoisotopic (exact) mass is 352 g/mol. The van der Waals surface area contributed by atoms with Crippen LogP contribution in [0.1, 0.15) is 24.5 Å². The number of carboxylic acid groups (broad SMARTS) is 1. The second-order valence-corrected chi connectivity index (χ2v) is 6.76. The summed E-state index contributed by atoms with van der Waals surface area (Å²) >= 11 is 7.42. The molecule has 4 nitrogen and oxygen atoms in total. The van der Waals surface area contributed by atoms with Gasteiger partial charge in [0.05, 0.1) is 17.0 Å². The summed E-state index contributed by atoms with van der Waals surface area (Å²) in [4.78, 5) is 18.9. The number of carbonyl (C=O) groups is 1. The van der Waals surface area contributed by atoms with Gasteiger partial charge in [0.2, 0.25) is 0 Å². The van der Waals surface area contributed by atoms with Crippen molar-refractivity contribution in [3.8, 4) is 10.4 Å². The van der Waals surface area contributed by atoms with E-state index in [4.69, 9.17) is 16.7 Å². The number of rotatable bonds is 8. The maximum Gasteiger partial charge on any atom is 0.310 e. The van der Waals surface area contributed by atoms with Crippen molar-refractivity contribution in [2.45, 2.75) is 26.7 Å². The minimum absolute atomic E-state index is 0.0312. The van der Waals surface area contributed by atoms with Crippen LogP contribution in [0.5, 0.6) is 0 Å². The highest BCUT2D eigenvalue weighted by Crippen LogP contribution is 2.32. The number of thiazole rings is 1. The van der Waals surface area contributed by atoms with E-state index >= 15 is 0 Å². The Bertz CT molecular complexity index is 651. The van der Waals surface area contributed by atoms with Gasteiger partial charge in [0.15, 0.2) is 0 Å². The molecule has 0 unspecified atom stereocenters. The molecular weight excluding hydrogens is 332 g/mol. The van der Waals surface area contributed by atoms with Crippen molar-refractivity contribution in [3.63, 3.8) is 0 Å². The Morgan fingerprint density at radius 1 is 1.26 bits per heavy atom. The molecule has 1 N–H and O–H groups in total. The number of nitrogens with zero attached hydrogens (tertiary/aromatic N) is 2. The molecule has 0 fully saturated rings. The average molecular weight is 353 g/mol. The summed E-state index contributed by atoms with van der Waals surface area (Å²) in [6.07, 6.45) is 0.784. The molecule has 1 aromatic heterocycles. The molecule has 0 aliphatic rings. The number of aliphatic carboxylic acids is 1. The molecule has 0 radical (unpaired) electrons. The second-order valence-electron chi connectivity index (χ2n) is 5.24. The molecule has 23 heavy (non-hydrogen) atoms. The third kappa shape index (κ3) is 5.03. The third-order valence-corrected chi connectivity index (χ3v) is 5.11.